The maximum absolute atomic E-state index is 12.4. The van der Waals surface area contributed by atoms with Crippen LogP contribution in [0.1, 0.15) is 25.7 Å². The third kappa shape index (κ3) is 4.70. The summed E-state index contributed by atoms with van der Waals surface area (Å²) >= 11 is 0. The Balaban J connectivity index is 1.56. The fraction of sp³-hybridized carbons (Fsp3) is 0.733. The van der Waals surface area contributed by atoms with E-state index < -0.39 is 12.7 Å². The number of nitrogens with one attached hydrogen (secondary N) is 1. The molecule has 2 aliphatic rings. The number of aromatic nitrogens is 2. The second-order valence-electron chi connectivity index (χ2n) is 6.29. The minimum Gasteiger partial charge on any atom is -0.366 e. The number of alkyl halides is 3. The lowest BCUT2D eigenvalue weighted by Gasteiger charge is -2.28. The molecular weight excluding hydrogens is 307 g/mol. The van der Waals surface area contributed by atoms with Gasteiger partial charge in [-0.2, -0.15) is 13.2 Å². The molecule has 1 N–H and O–H groups in total. The van der Waals surface area contributed by atoms with Crippen LogP contribution >= 0.6 is 0 Å². The summed E-state index contributed by atoms with van der Waals surface area (Å²) in [6.45, 7) is 2.01. The number of hydrogen-bond donors (Lipinski definition) is 1. The van der Waals surface area contributed by atoms with Crippen LogP contribution in [-0.4, -0.2) is 59.8 Å². The first kappa shape index (κ1) is 16.3. The van der Waals surface area contributed by atoms with Gasteiger partial charge in [0.15, 0.2) is 0 Å². The van der Waals surface area contributed by atoms with Crippen LogP contribution in [0.2, 0.25) is 0 Å². The van der Waals surface area contributed by atoms with Crippen molar-refractivity contribution in [3.8, 4) is 0 Å². The van der Waals surface area contributed by atoms with Crippen LogP contribution in [0.25, 0.3) is 0 Å². The molecule has 1 atom stereocenters. The van der Waals surface area contributed by atoms with Crippen molar-refractivity contribution in [1.29, 1.82) is 0 Å². The third-order valence-corrected chi connectivity index (χ3v) is 4.36. The number of halogens is 3. The summed E-state index contributed by atoms with van der Waals surface area (Å²) in [5.41, 5.74) is 0. The minimum absolute atomic E-state index is 0.00135. The predicted octanol–water partition coefficient (Wildman–Crippen LogP) is 2.52. The molecule has 23 heavy (non-hydrogen) atoms. The molecule has 0 amide bonds. The molecule has 0 saturated carbocycles. The lowest BCUT2D eigenvalue weighted by Crippen LogP contribution is -2.34. The average molecular weight is 329 g/mol. The molecule has 0 radical (unpaired) electrons. The Morgan fingerprint density at radius 3 is 2.65 bits per heavy atom. The van der Waals surface area contributed by atoms with Gasteiger partial charge in [0.25, 0.3) is 0 Å². The molecule has 2 saturated heterocycles. The standard InChI is InChI=1S/C15H22F3N5/c16-15(17,18)10-22-7-4-12(9-22)21-13-8-14(20-11-19-13)23-5-2-1-3-6-23/h8,11-12H,1-7,9-10H2,(H,19,20,21). The van der Waals surface area contributed by atoms with Crippen molar-refractivity contribution in [2.45, 2.75) is 37.9 Å². The van der Waals surface area contributed by atoms with Crippen molar-refractivity contribution >= 4 is 11.6 Å². The first-order chi connectivity index (χ1) is 11.0. The lowest BCUT2D eigenvalue weighted by atomic mass is 10.1. The molecule has 8 heteroatoms. The highest BCUT2D eigenvalue weighted by molar-refractivity contribution is 5.49. The van der Waals surface area contributed by atoms with Crippen LogP contribution in [-0.2, 0) is 0 Å². The third-order valence-electron chi connectivity index (χ3n) is 4.36. The van der Waals surface area contributed by atoms with Crippen LogP contribution < -0.4 is 10.2 Å². The zero-order chi connectivity index (χ0) is 16.3. The van der Waals surface area contributed by atoms with Gasteiger partial charge in [-0.05, 0) is 25.7 Å². The fourth-order valence-corrected chi connectivity index (χ4v) is 3.28. The molecule has 0 bridgehead atoms. The van der Waals surface area contributed by atoms with E-state index in [-0.39, 0.29) is 6.04 Å². The zero-order valence-electron chi connectivity index (χ0n) is 13.0. The molecule has 5 nitrogen and oxygen atoms in total. The summed E-state index contributed by atoms with van der Waals surface area (Å²) in [6, 6.07) is 1.90. The van der Waals surface area contributed by atoms with Gasteiger partial charge in [0.2, 0.25) is 0 Å². The van der Waals surface area contributed by atoms with E-state index in [9.17, 15) is 13.2 Å². The Bertz CT molecular complexity index is 516. The predicted molar refractivity (Wildman–Crippen MR) is 82.6 cm³/mol. The molecular formula is C15H22F3N5. The summed E-state index contributed by atoms with van der Waals surface area (Å²) in [6.07, 6.45) is 1.67. The minimum atomic E-state index is -4.13. The summed E-state index contributed by atoms with van der Waals surface area (Å²) in [7, 11) is 0. The van der Waals surface area contributed by atoms with E-state index in [1.807, 2.05) is 6.07 Å². The van der Waals surface area contributed by atoms with Gasteiger partial charge in [0.05, 0.1) is 6.54 Å². The molecule has 0 aromatic carbocycles. The molecule has 1 aromatic heterocycles. The van der Waals surface area contributed by atoms with Gasteiger partial charge in [-0.3, -0.25) is 4.90 Å². The van der Waals surface area contributed by atoms with Gasteiger partial charge in [0, 0.05) is 38.3 Å². The summed E-state index contributed by atoms with van der Waals surface area (Å²) in [5.74, 6) is 1.59. The Morgan fingerprint density at radius 2 is 1.91 bits per heavy atom. The van der Waals surface area contributed by atoms with Crippen molar-refractivity contribution in [3.05, 3.63) is 12.4 Å². The van der Waals surface area contributed by atoms with Gasteiger partial charge in [-0.25, -0.2) is 9.97 Å². The second-order valence-corrected chi connectivity index (χ2v) is 6.29. The molecule has 0 spiro atoms. The Labute approximate surface area is 133 Å². The lowest BCUT2D eigenvalue weighted by molar-refractivity contribution is -0.143. The maximum Gasteiger partial charge on any atom is 0.401 e. The van der Waals surface area contributed by atoms with E-state index >= 15 is 0 Å². The SMILES string of the molecule is FC(F)(F)CN1CCC(Nc2cc(N3CCCCC3)ncn2)C1. The van der Waals surface area contributed by atoms with Gasteiger partial charge < -0.3 is 10.2 Å². The zero-order valence-corrected chi connectivity index (χ0v) is 13.0. The fourth-order valence-electron chi connectivity index (χ4n) is 3.28. The largest absolute Gasteiger partial charge is 0.401 e. The van der Waals surface area contributed by atoms with Crippen LogP contribution in [0, 0.1) is 0 Å². The molecule has 3 heterocycles. The Kier molecular flexibility index (Phi) is 4.89. The van der Waals surface area contributed by atoms with E-state index in [1.165, 1.54) is 30.5 Å². The number of anilines is 2. The molecule has 1 aromatic rings. The summed E-state index contributed by atoms with van der Waals surface area (Å²) in [4.78, 5) is 12.2. The highest BCUT2D eigenvalue weighted by atomic mass is 19.4. The van der Waals surface area contributed by atoms with Crippen LogP contribution in [0.15, 0.2) is 12.4 Å². The van der Waals surface area contributed by atoms with Gasteiger partial charge in [-0.15, -0.1) is 0 Å². The van der Waals surface area contributed by atoms with Gasteiger partial charge >= 0.3 is 6.18 Å². The molecule has 2 aliphatic heterocycles. The van der Waals surface area contributed by atoms with Crippen molar-refractivity contribution in [1.82, 2.24) is 14.9 Å². The summed E-state index contributed by atoms with van der Waals surface area (Å²) < 4.78 is 37.3. The highest BCUT2D eigenvalue weighted by Gasteiger charge is 2.34. The topological polar surface area (TPSA) is 44.3 Å². The second kappa shape index (κ2) is 6.90. The normalized spacial score (nSPS) is 23.3. The van der Waals surface area contributed by atoms with E-state index in [2.05, 4.69) is 20.2 Å². The van der Waals surface area contributed by atoms with E-state index in [1.54, 1.807) is 0 Å². The number of piperidine rings is 1. The molecule has 1 unspecified atom stereocenters. The van der Waals surface area contributed by atoms with Crippen LogP contribution in [0.4, 0.5) is 24.8 Å². The Hall–Kier alpha value is -1.57. The summed E-state index contributed by atoms with van der Waals surface area (Å²) in [5, 5.41) is 3.25. The first-order valence-electron chi connectivity index (χ1n) is 8.12. The molecule has 2 fully saturated rings. The van der Waals surface area contributed by atoms with Gasteiger partial charge in [0.1, 0.15) is 18.0 Å². The first-order valence-corrected chi connectivity index (χ1v) is 8.12. The monoisotopic (exact) mass is 329 g/mol. The van der Waals surface area contributed by atoms with Gasteiger partial charge in [-0.1, -0.05) is 0 Å². The Morgan fingerprint density at radius 1 is 1.13 bits per heavy atom. The number of rotatable bonds is 4. The van der Waals surface area contributed by atoms with Crippen LogP contribution in [0.5, 0.6) is 0 Å². The molecule has 0 aliphatic carbocycles. The van der Waals surface area contributed by atoms with E-state index in [0.29, 0.717) is 25.3 Å². The number of nitrogens with zero attached hydrogens (tertiary/aromatic N) is 4. The van der Waals surface area contributed by atoms with Crippen molar-refractivity contribution in [3.63, 3.8) is 0 Å². The maximum atomic E-state index is 12.4. The highest BCUT2D eigenvalue weighted by Crippen LogP contribution is 2.23. The van der Waals surface area contributed by atoms with E-state index in [0.717, 1.165) is 18.9 Å². The smallest absolute Gasteiger partial charge is 0.366 e. The quantitative estimate of drug-likeness (QED) is 0.919. The number of hydrogen-bond acceptors (Lipinski definition) is 5. The van der Waals surface area contributed by atoms with Crippen molar-refractivity contribution in [2.24, 2.45) is 0 Å². The molecule has 3 rings (SSSR count). The molecule has 128 valence electrons. The van der Waals surface area contributed by atoms with Crippen molar-refractivity contribution in [2.75, 3.05) is 42.9 Å². The van der Waals surface area contributed by atoms with Crippen LogP contribution in [0.3, 0.4) is 0 Å². The van der Waals surface area contributed by atoms with E-state index in [4.69, 9.17) is 0 Å². The average Bonchev–Trinajstić information content (AvgIpc) is 2.93. The number of likely N-dealkylation sites (tertiary alicyclic amines) is 1. The van der Waals surface area contributed by atoms with Crippen molar-refractivity contribution < 1.29 is 13.2 Å².